The number of hydrogen-bond acceptors (Lipinski definition) is 5. The smallest absolute Gasteiger partial charge is 0.0893 e. The fourth-order valence-corrected chi connectivity index (χ4v) is 3.85. The fraction of sp³-hybridized carbons (Fsp3) is 0.818. The van der Waals surface area contributed by atoms with Crippen LogP contribution in [0, 0.1) is 0 Å². The van der Waals surface area contributed by atoms with Gasteiger partial charge in [0.2, 0.25) is 0 Å². The first-order chi connectivity index (χ1) is 7.88. The predicted molar refractivity (Wildman–Crippen MR) is 70.9 cm³/mol. The van der Waals surface area contributed by atoms with E-state index in [0.29, 0.717) is 6.04 Å². The first-order valence-electron chi connectivity index (χ1n) is 5.99. The standard InChI is InChI=1S/C11H19N3S2/c1-2-15-11-5-3-4-9(6-11)12-7-10-8-16-14-13-10/h8-9,11-12H,2-7H2,1H3. The molecule has 0 bridgehead atoms. The summed E-state index contributed by atoms with van der Waals surface area (Å²) in [4.78, 5) is 0. The second kappa shape index (κ2) is 6.57. The summed E-state index contributed by atoms with van der Waals surface area (Å²) in [6.45, 7) is 3.13. The summed E-state index contributed by atoms with van der Waals surface area (Å²) in [5.41, 5.74) is 1.08. The molecule has 1 aromatic heterocycles. The normalized spacial score (nSPS) is 25.8. The van der Waals surface area contributed by atoms with Crippen molar-refractivity contribution in [3.63, 3.8) is 0 Å². The van der Waals surface area contributed by atoms with E-state index in [1.807, 2.05) is 5.38 Å². The zero-order chi connectivity index (χ0) is 11.2. The summed E-state index contributed by atoms with van der Waals surface area (Å²) in [5, 5.41) is 10.5. The van der Waals surface area contributed by atoms with Crippen molar-refractivity contribution < 1.29 is 0 Å². The Hall–Kier alpha value is -0.130. The number of aromatic nitrogens is 2. The summed E-state index contributed by atoms with van der Waals surface area (Å²) in [7, 11) is 0. The average molecular weight is 257 g/mol. The Balaban J connectivity index is 1.72. The molecule has 0 aliphatic heterocycles. The molecule has 0 saturated heterocycles. The van der Waals surface area contributed by atoms with Gasteiger partial charge in [-0.3, -0.25) is 0 Å². The van der Waals surface area contributed by atoms with Crippen LogP contribution in [0.15, 0.2) is 5.38 Å². The van der Waals surface area contributed by atoms with E-state index in [9.17, 15) is 0 Å². The van der Waals surface area contributed by atoms with Gasteiger partial charge < -0.3 is 5.32 Å². The Morgan fingerprint density at radius 2 is 2.50 bits per heavy atom. The van der Waals surface area contributed by atoms with Gasteiger partial charge in [-0.05, 0) is 36.5 Å². The lowest BCUT2D eigenvalue weighted by atomic mass is 9.95. The summed E-state index contributed by atoms with van der Waals surface area (Å²) in [6, 6.07) is 0.680. The highest BCUT2D eigenvalue weighted by Gasteiger charge is 2.21. The molecule has 0 radical (unpaired) electrons. The first-order valence-corrected chi connectivity index (χ1v) is 7.88. The SMILES string of the molecule is CCSC1CCCC(NCc2csnn2)C1. The van der Waals surface area contributed by atoms with Gasteiger partial charge in [0.1, 0.15) is 0 Å². The molecule has 2 rings (SSSR count). The third-order valence-electron chi connectivity index (χ3n) is 3.01. The van der Waals surface area contributed by atoms with Gasteiger partial charge in [-0.25, -0.2) is 0 Å². The highest BCUT2D eigenvalue weighted by atomic mass is 32.2. The molecule has 1 saturated carbocycles. The molecule has 2 unspecified atom stereocenters. The van der Waals surface area contributed by atoms with Crippen molar-refractivity contribution in [1.29, 1.82) is 0 Å². The molecule has 0 amide bonds. The zero-order valence-electron chi connectivity index (χ0n) is 9.69. The monoisotopic (exact) mass is 257 g/mol. The van der Waals surface area contributed by atoms with E-state index in [-0.39, 0.29) is 0 Å². The minimum absolute atomic E-state index is 0.680. The van der Waals surface area contributed by atoms with Gasteiger partial charge in [0.25, 0.3) is 0 Å². The molecule has 3 nitrogen and oxygen atoms in total. The summed E-state index contributed by atoms with van der Waals surface area (Å²) in [6.07, 6.45) is 5.40. The molecule has 0 aromatic carbocycles. The lowest BCUT2D eigenvalue weighted by molar-refractivity contribution is 0.378. The molecule has 5 heteroatoms. The van der Waals surface area contributed by atoms with Crippen LogP contribution in [0.2, 0.25) is 0 Å². The number of hydrogen-bond donors (Lipinski definition) is 1. The minimum Gasteiger partial charge on any atom is -0.308 e. The van der Waals surface area contributed by atoms with Gasteiger partial charge in [0.05, 0.1) is 5.69 Å². The van der Waals surface area contributed by atoms with Crippen LogP contribution in [0.3, 0.4) is 0 Å². The van der Waals surface area contributed by atoms with Crippen LogP contribution >= 0.6 is 23.3 Å². The number of thioether (sulfide) groups is 1. The third-order valence-corrected chi connectivity index (χ3v) is 4.79. The summed E-state index contributed by atoms with van der Waals surface area (Å²) < 4.78 is 3.88. The van der Waals surface area contributed by atoms with Crippen molar-refractivity contribution in [3.8, 4) is 0 Å². The topological polar surface area (TPSA) is 37.8 Å². The van der Waals surface area contributed by atoms with Crippen molar-refractivity contribution in [2.45, 2.75) is 50.4 Å². The molecule has 2 atom stereocenters. The maximum Gasteiger partial charge on any atom is 0.0893 e. The predicted octanol–water partition coefficient (Wildman–Crippen LogP) is 2.69. The lowest BCUT2D eigenvalue weighted by Gasteiger charge is -2.29. The van der Waals surface area contributed by atoms with Gasteiger partial charge in [0.15, 0.2) is 0 Å². The average Bonchev–Trinajstić information content (AvgIpc) is 2.80. The van der Waals surface area contributed by atoms with Crippen LogP contribution in [-0.2, 0) is 6.54 Å². The second-order valence-electron chi connectivity index (χ2n) is 4.22. The van der Waals surface area contributed by atoms with Crippen LogP contribution in [0.4, 0.5) is 0 Å². The summed E-state index contributed by atoms with van der Waals surface area (Å²) >= 11 is 3.54. The van der Waals surface area contributed by atoms with Crippen molar-refractivity contribution in [2.24, 2.45) is 0 Å². The van der Waals surface area contributed by atoms with E-state index in [0.717, 1.165) is 17.5 Å². The van der Waals surface area contributed by atoms with Crippen LogP contribution in [-0.4, -0.2) is 26.6 Å². The van der Waals surface area contributed by atoms with Crippen molar-refractivity contribution in [1.82, 2.24) is 14.9 Å². The quantitative estimate of drug-likeness (QED) is 0.880. The molecule has 1 fully saturated rings. The maximum atomic E-state index is 4.06. The van der Waals surface area contributed by atoms with Crippen LogP contribution in [0.1, 0.15) is 38.3 Å². The largest absolute Gasteiger partial charge is 0.308 e. The Morgan fingerprint density at radius 1 is 1.56 bits per heavy atom. The van der Waals surface area contributed by atoms with Crippen LogP contribution < -0.4 is 5.32 Å². The molecular formula is C11H19N3S2. The maximum absolute atomic E-state index is 4.06. The second-order valence-corrected chi connectivity index (χ2v) is 6.41. The minimum atomic E-state index is 0.680. The molecule has 0 spiro atoms. The van der Waals surface area contributed by atoms with Gasteiger partial charge in [0, 0.05) is 23.2 Å². The van der Waals surface area contributed by atoms with E-state index >= 15 is 0 Å². The van der Waals surface area contributed by atoms with Crippen LogP contribution in [0.5, 0.6) is 0 Å². The number of rotatable bonds is 5. The molecule has 1 heterocycles. The Bertz CT molecular complexity index is 287. The Labute approximate surface area is 106 Å². The van der Waals surface area contributed by atoms with E-state index in [1.165, 1.54) is 43.0 Å². The highest BCUT2D eigenvalue weighted by Crippen LogP contribution is 2.28. The third kappa shape index (κ3) is 3.71. The number of nitrogens with zero attached hydrogens (tertiary/aromatic N) is 2. The molecule has 1 aliphatic rings. The van der Waals surface area contributed by atoms with E-state index in [4.69, 9.17) is 0 Å². The molecule has 1 N–H and O–H groups in total. The van der Waals surface area contributed by atoms with E-state index < -0.39 is 0 Å². The molecular weight excluding hydrogens is 238 g/mol. The van der Waals surface area contributed by atoms with Gasteiger partial charge in [-0.15, -0.1) is 5.10 Å². The molecule has 1 aromatic rings. The van der Waals surface area contributed by atoms with Crippen molar-refractivity contribution in [3.05, 3.63) is 11.1 Å². The number of nitrogens with one attached hydrogen (secondary N) is 1. The zero-order valence-corrected chi connectivity index (χ0v) is 11.3. The molecule has 1 aliphatic carbocycles. The Kier molecular flexibility index (Phi) is 5.06. The Morgan fingerprint density at radius 3 is 3.25 bits per heavy atom. The van der Waals surface area contributed by atoms with Crippen molar-refractivity contribution in [2.75, 3.05) is 5.75 Å². The highest BCUT2D eigenvalue weighted by molar-refractivity contribution is 7.99. The van der Waals surface area contributed by atoms with Crippen LogP contribution in [0.25, 0.3) is 0 Å². The van der Waals surface area contributed by atoms with Gasteiger partial charge in [-0.1, -0.05) is 17.8 Å². The van der Waals surface area contributed by atoms with Gasteiger partial charge >= 0.3 is 0 Å². The lowest BCUT2D eigenvalue weighted by Crippen LogP contribution is -2.34. The molecule has 16 heavy (non-hydrogen) atoms. The van der Waals surface area contributed by atoms with E-state index in [1.54, 1.807) is 0 Å². The first kappa shape index (κ1) is 12.3. The fourth-order valence-electron chi connectivity index (χ4n) is 2.23. The van der Waals surface area contributed by atoms with E-state index in [2.05, 4.69) is 33.6 Å². The summed E-state index contributed by atoms with van der Waals surface area (Å²) in [5.74, 6) is 1.24. The van der Waals surface area contributed by atoms with Crippen molar-refractivity contribution >= 4 is 23.3 Å². The molecule has 90 valence electrons. The van der Waals surface area contributed by atoms with Gasteiger partial charge in [-0.2, -0.15) is 11.8 Å².